The fourth-order valence-corrected chi connectivity index (χ4v) is 2.88. The third kappa shape index (κ3) is 3.29. The van der Waals surface area contributed by atoms with Crippen molar-refractivity contribution in [2.75, 3.05) is 0 Å². The van der Waals surface area contributed by atoms with E-state index in [1.54, 1.807) is 54.7 Å². The predicted octanol–water partition coefficient (Wildman–Crippen LogP) is 6.26. The van der Waals surface area contributed by atoms with Crippen molar-refractivity contribution in [2.24, 2.45) is 4.99 Å². The molecule has 3 aromatic carbocycles. The summed E-state index contributed by atoms with van der Waals surface area (Å²) in [4.78, 5) is 8.87. The zero-order chi connectivity index (χ0) is 18.1. The first-order valence-electron chi connectivity index (χ1n) is 7.78. The Bertz CT molecular complexity index is 1140. The maximum Gasteiger partial charge on any atom is 0.228 e. The van der Waals surface area contributed by atoms with E-state index < -0.39 is 0 Å². The standard InChI is InChI=1S/C20H12Cl2N2O2/c21-13-5-7-16(22)15(9-13)20-24-17-10-14(6-8-19(17)26-20)23-11-12-3-1-2-4-18(12)25/h1-11,25H. The van der Waals surface area contributed by atoms with Crippen molar-refractivity contribution in [1.29, 1.82) is 0 Å². The van der Waals surface area contributed by atoms with Crippen LogP contribution in [0.5, 0.6) is 5.75 Å². The van der Waals surface area contributed by atoms with Crippen molar-refractivity contribution in [3.8, 4) is 17.2 Å². The number of phenols is 1. The average molecular weight is 383 g/mol. The summed E-state index contributed by atoms with van der Waals surface area (Å²) in [5, 5.41) is 10.9. The van der Waals surface area contributed by atoms with E-state index in [-0.39, 0.29) is 5.75 Å². The van der Waals surface area contributed by atoms with Crippen molar-refractivity contribution in [2.45, 2.75) is 0 Å². The molecule has 0 radical (unpaired) electrons. The van der Waals surface area contributed by atoms with Crippen LogP contribution in [-0.4, -0.2) is 16.3 Å². The highest BCUT2D eigenvalue weighted by molar-refractivity contribution is 6.35. The summed E-state index contributed by atoms with van der Waals surface area (Å²) in [7, 11) is 0. The molecule has 1 aromatic heterocycles. The summed E-state index contributed by atoms with van der Waals surface area (Å²) in [6.45, 7) is 0. The van der Waals surface area contributed by atoms with Gasteiger partial charge in [0.2, 0.25) is 5.89 Å². The van der Waals surface area contributed by atoms with Gasteiger partial charge >= 0.3 is 0 Å². The Morgan fingerprint density at radius 2 is 1.85 bits per heavy atom. The van der Waals surface area contributed by atoms with Gasteiger partial charge in [-0.3, -0.25) is 4.99 Å². The molecule has 0 aliphatic rings. The van der Waals surface area contributed by atoms with Gasteiger partial charge in [0.05, 0.1) is 16.3 Å². The van der Waals surface area contributed by atoms with E-state index in [1.807, 2.05) is 12.1 Å². The first-order chi connectivity index (χ1) is 12.6. The number of hydrogen-bond donors (Lipinski definition) is 1. The molecule has 0 aliphatic heterocycles. The van der Waals surface area contributed by atoms with Crippen LogP contribution >= 0.6 is 23.2 Å². The Morgan fingerprint density at radius 3 is 2.69 bits per heavy atom. The minimum Gasteiger partial charge on any atom is -0.507 e. The van der Waals surface area contributed by atoms with Gasteiger partial charge < -0.3 is 9.52 Å². The van der Waals surface area contributed by atoms with E-state index in [0.717, 1.165) is 0 Å². The van der Waals surface area contributed by atoms with E-state index >= 15 is 0 Å². The molecule has 0 saturated carbocycles. The molecule has 0 aliphatic carbocycles. The normalized spacial score (nSPS) is 11.5. The van der Waals surface area contributed by atoms with Gasteiger partial charge in [0, 0.05) is 16.8 Å². The summed E-state index contributed by atoms with van der Waals surface area (Å²) in [6.07, 6.45) is 1.60. The van der Waals surface area contributed by atoms with Crippen LogP contribution in [0, 0.1) is 0 Å². The number of benzene rings is 3. The summed E-state index contributed by atoms with van der Waals surface area (Å²) in [5.74, 6) is 0.575. The monoisotopic (exact) mass is 382 g/mol. The van der Waals surface area contributed by atoms with Gasteiger partial charge in [0.1, 0.15) is 11.3 Å². The van der Waals surface area contributed by atoms with Crippen molar-refractivity contribution < 1.29 is 9.52 Å². The number of hydrogen-bond acceptors (Lipinski definition) is 4. The number of aromatic nitrogens is 1. The van der Waals surface area contributed by atoms with Crippen LogP contribution in [0.2, 0.25) is 10.0 Å². The van der Waals surface area contributed by atoms with E-state index in [0.29, 0.717) is 43.9 Å². The van der Waals surface area contributed by atoms with Gasteiger partial charge in [-0.15, -0.1) is 0 Å². The number of fused-ring (bicyclic) bond motifs is 1. The fourth-order valence-electron chi connectivity index (χ4n) is 2.51. The lowest BCUT2D eigenvalue weighted by Crippen LogP contribution is -1.81. The first kappa shape index (κ1) is 16.6. The number of oxazole rings is 1. The molecule has 0 unspecified atom stereocenters. The van der Waals surface area contributed by atoms with Gasteiger partial charge in [-0.2, -0.15) is 0 Å². The molecule has 26 heavy (non-hydrogen) atoms. The lowest BCUT2D eigenvalue weighted by molar-refractivity contribution is 0.474. The van der Waals surface area contributed by atoms with Crippen LogP contribution in [0.3, 0.4) is 0 Å². The van der Waals surface area contributed by atoms with Crippen molar-refractivity contribution in [3.63, 3.8) is 0 Å². The van der Waals surface area contributed by atoms with Crippen LogP contribution in [0.15, 0.2) is 70.1 Å². The first-order valence-corrected chi connectivity index (χ1v) is 8.54. The predicted molar refractivity (Wildman–Crippen MR) is 105 cm³/mol. The van der Waals surface area contributed by atoms with E-state index in [1.165, 1.54) is 0 Å². The minimum atomic E-state index is 0.177. The number of para-hydroxylation sites is 1. The third-order valence-electron chi connectivity index (χ3n) is 3.82. The molecular formula is C20H12Cl2N2O2. The third-order valence-corrected chi connectivity index (χ3v) is 4.38. The Balaban J connectivity index is 1.70. The topological polar surface area (TPSA) is 58.6 Å². The SMILES string of the molecule is Oc1ccccc1C=Nc1ccc2oc(-c3cc(Cl)ccc3Cl)nc2c1. The molecular weight excluding hydrogens is 371 g/mol. The lowest BCUT2D eigenvalue weighted by Gasteiger charge is -1.99. The number of aromatic hydroxyl groups is 1. The van der Waals surface area contributed by atoms with E-state index in [2.05, 4.69) is 9.98 Å². The molecule has 1 N–H and O–H groups in total. The average Bonchev–Trinajstić information content (AvgIpc) is 3.06. The van der Waals surface area contributed by atoms with Crippen LogP contribution in [0.4, 0.5) is 5.69 Å². The van der Waals surface area contributed by atoms with Gasteiger partial charge in [-0.05, 0) is 48.5 Å². The number of aliphatic imine (C=N–C) groups is 1. The molecule has 0 fully saturated rings. The molecule has 0 spiro atoms. The van der Waals surface area contributed by atoms with Crippen LogP contribution in [-0.2, 0) is 0 Å². The molecule has 4 nitrogen and oxygen atoms in total. The zero-order valence-corrected chi connectivity index (χ0v) is 14.9. The minimum absolute atomic E-state index is 0.177. The van der Waals surface area contributed by atoms with E-state index in [9.17, 15) is 5.11 Å². The molecule has 128 valence electrons. The molecule has 4 aromatic rings. The largest absolute Gasteiger partial charge is 0.507 e. The molecule has 1 heterocycles. The Labute approximate surface area is 159 Å². The van der Waals surface area contributed by atoms with Gasteiger partial charge in [0.15, 0.2) is 5.58 Å². The number of nitrogens with zero attached hydrogens (tertiary/aromatic N) is 2. The second-order valence-corrected chi connectivity index (χ2v) is 6.46. The Kier molecular flexibility index (Phi) is 4.37. The summed E-state index contributed by atoms with van der Waals surface area (Å²) >= 11 is 12.3. The number of rotatable bonds is 3. The second kappa shape index (κ2) is 6.83. The molecule has 0 amide bonds. The Hall–Kier alpha value is -2.82. The van der Waals surface area contributed by atoms with Gasteiger partial charge in [0.25, 0.3) is 0 Å². The van der Waals surface area contributed by atoms with Crippen molar-refractivity contribution >= 4 is 46.2 Å². The second-order valence-electron chi connectivity index (χ2n) is 5.61. The van der Waals surface area contributed by atoms with E-state index in [4.69, 9.17) is 27.6 Å². The fraction of sp³-hybridized carbons (Fsp3) is 0. The van der Waals surface area contributed by atoms with Crippen LogP contribution in [0.1, 0.15) is 5.56 Å². The summed E-state index contributed by atoms with van der Waals surface area (Å²) < 4.78 is 5.78. The van der Waals surface area contributed by atoms with Gasteiger partial charge in [-0.25, -0.2) is 4.98 Å². The highest BCUT2D eigenvalue weighted by Gasteiger charge is 2.12. The highest BCUT2D eigenvalue weighted by atomic mass is 35.5. The quantitative estimate of drug-likeness (QED) is 0.425. The maximum absolute atomic E-state index is 9.80. The van der Waals surface area contributed by atoms with Crippen molar-refractivity contribution in [1.82, 2.24) is 4.98 Å². The molecule has 0 atom stereocenters. The number of halogens is 2. The molecule has 0 bridgehead atoms. The highest BCUT2D eigenvalue weighted by Crippen LogP contribution is 2.33. The van der Waals surface area contributed by atoms with Gasteiger partial charge in [-0.1, -0.05) is 35.3 Å². The Morgan fingerprint density at radius 1 is 1.00 bits per heavy atom. The smallest absolute Gasteiger partial charge is 0.228 e. The molecule has 4 rings (SSSR count). The summed E-state index contributed by atoms with van der Waals surface area (Å²) in [5.41, 5.74) is 3.24. The maximum atomic E-state index is 9.80. The lowest BCUT2D eigenvalue weighted by atomic mass is 10.2. The van der Waals surface area contributed by atoms with Crippen LogP contribution < -0.4 is 0 Å². The number of phenolic OH excluding ortho intramolecular Hbond substituents is 1. The van der Waals surface area contributed by atoms with Crippen molar-refractivity contribution in [3.05, 3.63) is 76.3 Å². The van der Waals surface area contributed by atoms with Crippen LogP contribution in [0.25, 0.3) is 22.6 Å². The zero-order valence-electron chi connectivity index (χ0n) is 13.4. The summed E-state index contributed by atoms with van der Waals surface area (Å²) in [6, 6.07) is 17.5. The molecule has 0 saturated heterocycles. The molecule has 6 heteroatoms.